The third-order valence-electron chi connectivity index (χ3n) is 4.82. The predicted molar refractivity (Wildman–Crippen MR) is 114 cm³/mol. The second-order valence-corrected chi connectivity index (χ2v) is 6.82. The second-order valence-electron chi connectivity index (χ2n) is 6.82. The molecule has 0 spiro atoms. The number of unbranched alkanes of at least 4 members (excludes halogenated alkanes) is 1. The van der Waals surface area contributed by atoms with Gasteiger partial charge in [0.15, 0.2) is 11.5 Å². The van der Waals surface area contributed by atoms with Crippen molar-refractivity contribution in [3.63, 3.8) is 0 Å². The van der Waals surface area contributed by atoms with E-state index < -0.39 is 0 Å². The van der Waals surface area contributed by atoms with Crippen LogP contribution in [0.2, 0.25) is 0 Å². The Balaban J connectivity index is 2.09. The Kier molecular flexibility index (Phi) is 6.54. The molecule has 0 bridgehead atoms. The standard InChI is InChI=1S/C23H27N3O3/c1-5-6-14-25(2)23(27)19-16-26(18-10-8-7-9-11-18)24-22(19)17-12-13-20(28-3)21(15-17)29-4/h7-13,15-16H,5-6,14H2,1-4H3. The van der Waals surface area contributed by atoms with Crippen molar-refractivity contribution in [1.29, 1.82) is 0 Å². The number of ether oxygens (including phenoxy) is 2. The Labute approximate surface area is 171 Å². The predicted octanol–water partition coefficient (Wildman–Crippen LogP) is 4.43. The molecule has 6 nitrogen and oxygen atoms in total. The van der Waals surface area contributed by atoms with Crippen LogP contribution >= 0.6 is 0 Å². The summed E-state index contributed by atoms with van der Waals surface area (Å²) in [6.07, 6.45) is 3.79. The largest absolute Gasteiger partial charge is 0.493 e. The number of carbonyl (C=O) groups excluding carboxylic acids is 1. The zero-order chi connectivity index (χ0) is 20.8. The van der Waals surface area contributed by atoms with Crippen molar-refractivity contribution in [1.82, 2.24) is 14.7 Å². The summed E-state index contributed by atoms with van der Waals surface area (Å²) in [6, 6.07) is 15.3. The van der Waals surface area contributed by atoms with Gasteiger partial charge in [-0.1, -0.05) is 31.5 Å². The van der Waals surface area contributed by atoms with Crippen LogP contribution in [0.3, 0.4) is 0 Å². The van der Waals surface area contributed by atoms with Gasteiger partial charge in [-0.2, -0.15) is 5.10 Å². The summed E-state index contributed by atoms with van der Waals surface area (Å²) in [5.41, 5.74) is 2.86. The van der Waals surface area contributed by atoms with Crippen molar-refractivity contribution >= 4 is 5.91 Å². The van der Waals surface area contributed by atoms with Gasteiger partial charge in [0.25, 0.3) is 5.91 Å². The summed E-state index contributed by atoms with van der Waals surface area (Å²) in [5.74, 6) is 1.18. The van der Waals surface area contributed by atoms with Gasteiger partial charge in [0.1, 0.15) is 5.69 Å². The molecule has 1 amide bonds. The highest BCUT2D eigenvalue weighted by atomic mass is 16.5. The Morgan fingerprint density at radius 1 is 1.07 bits per heavy atom. The lowest BCUT2D eigenvalue weighted by Gasteiger charge is -2.16. The first-order valence-electron chi connectivity index (χ1n) is 9.72. The highest BCUT2D eigenvalue weighted by Crippen LogP contribution is 2.33. The summed E-state index contributed by atoms with van der Waals surface area (Å²) < 4.78 is 12.5. The third kappa shape index (κ3) is 4.42. The summed E-state index contributed by atoms with van der Waals surface area (Å²) in [7, 11) is 5.02. The maximum atomic E-state index is 13.2. The van der Waals surface area contributed by atoms with Gasteiger partial charge in [0.2, 0.25) is 0 Å². The SMILES string of the molecule is CCCCN(C)C(=O)c1cn(-c2ccccc2)nc1-c1ccc(OC)c(OC)c1. The van der Waals surface area contributed by atoms with E-state index in [0.717, 1.165) is 24.1 Å². The first-order valence-corrected chi connectivity index (χ1v) is 9.72. The van der Waals surface area contributed by atoms with Crippen molar-refractivity contribution < 1.29 is 14.3 Å². The van der Waals surface area contributed by atoms with Crippen molar-refractivity contribution in [3.8, 4) is 28.4 Å². The number of carbonyl (C=O) groups is 1. The topological polar surface area (TPSA) is 56.6 Å². The van der Waals surface area contributed by atoms with Crippen molar-refractivity contribution in [2.24, 2.45) is 0 Å². The van der Waals surface area contributed by atoms with E-state index in [1.54, 1.807) is 30.0 Å². The zero-order valence-electron chi connectivity index (χ0n) is 17.4. The fourth-order valence-corrected chi connectivity index (χ4v) is 3.14. The molecular weight excluding hydrogens is 366 g/mol. The lowest BCUT2D eigenvalue weighted by atomic mass is 10.1. The number of aromatic nitrogens is 2. The fourth-order valence-electron chi connectivity index (χ4n) is 3.14. The van der Waals surface area contributed by atoms with Gasteiger partial charge in [-0.15, -0.1) is 0 Å². The molecule has 0 atom stereocenters. The molecule has 6 heteroatoms. The van der Waals surface area contributed by atoms with Crippen LogP contribution in [0.5, 0.6) is 11.5 Å². The van der Waals surface area contributed by atoms with Gasteiger partial charge >= 0.3 is 0 Å². The van der Waals surface area contributed by atoms with Gasteiger partial charge in [0.05, 0.1) is 25.5 Å². The van der Waals surface area contributed by atoms with E-state index in [-0.39, 0.29) is 5.91 Å². The van der Waals surface area contributed by atoms with E-state index in [4.69, 9.17) is 14.6 Å². The van der Waals surface area contributed by atoms with Crippen LogP contribution in [0.1, 0.15) is 30.1 Å². The zero-order valence-corrected chi connectivity index (χ0v) is 17.4. The molecule has 0 aliphatic carbocycles. The van der Waals surface area contributed by atoms with Crippen LogP contribution in [-0.2, 0) is 0 Å². The lowest BCUT2D eigenvalue weighted by molar-refractivity contribution is 0.0794. The van der Waals surface area contributed by atoms with E-state index >= 15 is 0 Å². The minimum absolute atomic E-state index is 0.0505. The van der Waals surface area contributed by atoms with Crippen LogP contribution in [0.15, 0.2) is 54.7 Å². The Hall–Kier alpha value is -3.28. The van der Waals surface area contributed by atoms with Gasteiger partial charge in [-0.3, -0.25) is 4.79 Å². The van der Waals surface area contributed by atoms with Gasteiger partial charge in [0, 0.05) is 25.4 Å². The number of hydrogen-bond donors (Lipinski definition) is 0. The number of hydrogen-bond acceptors (Lipinski definition) is 4. The molecule has 29 heavy (non-hydrogen) atoms. The molecule has 0 saturated heterocycles. The summed E-state index contributed by atoms with van der Waals surface area (Å²) >= 11 is 0. The van der Waals surface area contributed by atoms with Gasteiger partial charge in [-0.05, 0) is 36.8 Å². The maximum Gasteiger partial charge on any atom is 0.257 e. The van der Waals surface area contributed by atoms with Crippen LogP contribution in [0, 0.1) is 0 Å². The summed E-state index contributed by atoms with van der Waals surface area (Å²) in [6.45, 7) is 2.82. The molecule has 0 saturated carbocycles. The number of amides is 1. The number of nitrogens with zero attached hydrogens (tertiary/aromatic N) is 3. The van der Waals surface area contributed by atoms with Crippen LogP contribution < -0.4 is 9.47 Å². The molecule has 0 aliphatic rings. The molecule has 152 valence electrons. The Morgan fingerprint density at radius 2 is 1.79 bits per heavy atom. The van der Waals surface area contributed by atoms with E-state index in [1.807, 2.05) is 55.6 Å². The lowest BCUT2D eigenvalue weighted by Crippen LogP contribution is -2.27. The number of rotatable bonds is 8. The first-order chi connectivity index (χ1) is 14.1. The molecule has 0 unspecified atom stereocenters. The maximum absolute atomic E-state index is 13.2. The molecule has 3 aromatic rings. The average molecular weight is 393 g/mol. The molecule has 3 rings (SSSR count). The summed E-state index contributed by atoms with van der Waals surface area (Å²) in [4.78, 5) is 14.9. The van der Waals surface area contributed by atoms with E-state index in [0.29, 0.717) is 29.3 Å². The monoisotopic (exact) mass is 393 g/mol. The van der Waals surface area contributed by atoms with Gasteiger partial charge in [-0.25, -0.2) is 4.68 Å². The molecule has 1 heterocycles. The Bertz CT molecular complexity index is 967. The van der Waals surface area contributed by atoms with Crippen molar-refractivity contribution in [2.45, 2.75) is 19.8 Å². The van der Waals surface area contributed by atoms with Crippen LogP contribution in [0.4, 0.5) is 0 Å². The molecule has 0 fully saturated rings. The molecule has 1 aromatic heterocycles. The number of methoxy groups -OCH3 is 2. The average Bonchev–Trinajstić information content (AvgIpc) is 3.22. The minimum Gasteiger partial charge on any atom is -0.493 e. The van der Waals surface area contributed by atoms with Crippen LogP contribution in [0.25, 0.3) is 16.9 Å². The van der Waals surface area contributed by atoms with Crippen molar-refractivity contribution in [2.75, 3.05) is 27.8 Å². The highest BCUT2D eigenvalue weighted by molar-refractivity contribution is 6.00. The Morgan fingerprint density at radius 3 is 2.45 bits per heavy atom. The van der Waals surface area contributed by atoms with E-state index in [1.165, 1.54) is 0 Å². The second kappa shape index (κ2) is 9.28. The number of benzene rings is 2. The van der Waals surface area contributed by atoms with E-state index in [2.05, 4.69) is 6.92 Å². The molecule has 0 aliphatic heterocycles. The molecule has 0 radical (unpaired) electrons. The number of para-hydroxylation sites is 1. The normalized spacial score (nSPS) is 10.6. The van der Waals surface area contributed by atoms with Crippen molar-refractivity contribution in [3.05, 3.63) is 60.3 Å². The molecule has 2 aromatic carbocycles. The first kappa shape index (κ1) is 20.5. The fraction of sp³-hybridized carbons (Fsp3) is 0.304. The van der Waals surface area contributed by atoms with Crippen LogP contribution in [-0.4, -0.2) is 48.4 Å². The quantitative estimate of drug-likeness (QED) is 0.568. The van der Waals surface area contributed by atoms with E-state index in [9.17, 15) is 4.79 Å². The smallest absolute Gasteiger partial charge is 0.257 e. The van der Waals surface area contributed by atoms with Gasteiger partial charge < -0.3 is 14.4 Å². The summed E-state index contributed by atoms with van der Waals surface area (Å²) in [5, 5.41) is 4.74. The highest BCUT2D eigenvalue weighted by Gasteiger charge is 2.22. The molecular formula is C23H27N3O3. The minimum atomic E-state index is -0.0505. The third-order valence-corrected chi connectivity index (χ3v) is 4.82. The molecule has 0 N–H and O–H groups in total.